The summed E-state index contributed by atoms with van der Waals surface area (Å²) in [5.74, 6) is -1.56. The van der Waals surface area contributed by atoms with Gasteiger partial charge in [-0.05, 0) is 24.3 Å². The second-order valence-electron chi connectivity index (χ2n) is 4.29. The van der Waals surface area contributed by atoms with Gasteiger partial charge in [0.05, 0.1) is 11.2 Å². The van der Waals surface area contributed by atoms with Gasteiger partial charge in [-0.25, -0.2) is 9.18 Å². The van der Waals surface area contributed by atoms with Crippen LogP contribution in [0.25, 0.3) is 16.8 Å². The molecule has 0 aliphatic carbocycles. The number of hydrogen-bond donors (Lipinski definition) is 2. The van der Waals surface area contributed by atoms with E-state index >= 15 is 0 Å². The minimum atomic E-state index is -1.16. The van der Waals surface area contributed by atoms with Crippen molar-refractivity contribution in [2.45, 2.75) is 0 Å². The maximum atomic E-state index is 12.9. The maximum absolute atomic E-state index is 12.9. The smallest absolute Gasteiger partial charge is 0.340 e. The fourth-order valence-corrected chi connectivity index (χ4v) is 2.12. The first-order valence-electron chi connectivity index (χ1n) is 5.80. The van der Waals surface area contributed by atoms with Crippen LogP contribution in [-0.2, 0) is 0 Å². The number of H-pyrrole nitrogens is 1. The molecule has 0 amide bonds. The minimum Gasteiger partial charge on any atom is -0.478 e. The second-order valence-corrected chi connectivity index (χ2v) is 4.29. The van der Waals surface area contributed by atoms with Crippen molar-refractivity contribution >= 4 is 11.5 Å². The van der Waals surface area contributed by atoms with Crippen LogP contribution in [0.2, 0.25) is 0 Å². The lowest BCUT2D eigenvalue weighted by atomic mass is 10.1. The predicted octanol–water partition coefficient (Wildman–Crippen LogP) is 2.13. The third-order valence-corrected chi connectivity index (χ3v) is 3.01. The summed E-state index contributed by atoms with van der Waals surface area (Å²) >= 11 is 0. The molecule has 3 aromatic rings. The van der Waals surface area contributed by atoms with Crippen LogP contribution in [0.15, 0.2) is 47.4 Å². The molecule has 20 heavy (non-hydrogen) atoms. The lowest BCUT2D eigenvalue weighted by Crippen LogP contribution is -2.02. The van der Waals surface area contributed by atoms with Crippen molar-refractivity contribution in [3.05, 3.63) is 64.2 Å². The molecule has 0 bridgehead atoms. The van der Waals surface area contributed by atoms with E-state index in [9.17, 15) is 19.1 Å². The van der Waals surface area contributed by atoms with E-state index in [0.29, 0.717) is 11.3 Å². The van der Waals surface area contributed by atoms with Crippen molar-refractivity contribution in [2.75, 3.05) is 0 Å². The molecule has 0 unspecified atom stereocenters. The van der Waals surface area contributed by atoms with Crippen LogP contribution >= 0.6 is 0 Å². The first-order valence-corrected chi connectivity index (χ1v) is 5.80. The quantitative estimate of drug-likeness (QED) is 0.750. The molecule has 2 heterocycles. The molecule has 0 fully saturated rings. The molecule has 1 aromatic carbocycles. The van der Waals surface area contributed by atoms with Crippen molar-refractivity contribution in [2.24, 2.45) is 0 Å². The Morgan fingerprint density at radius 2 is 1.90 bits per heavy atom. The standard InChI is InChI=1S/C14H9FN2O3/c15-9-3-1-8(2-4-9)13-12(14(19)20)11-7-10(18)5-6-17(11)16-13/h1-7,16H,(H,19,20). The van der Waals surface area contributed by atoms with E-state index in [1.54, 1.807) is 0 Å². The fraction of sp³-hybridized carbons (Fsp3) is 0. The summed E-state index contributed by atoms with van der Waals surface area (Å²) in [5.41, 5.74) is 0.818. The number of nitrogens with one attached hydrogen (secondary N) is 1. The van der Waals surface area contributed by atoms with Crippen LogP contribution in [0.1, 0.15) is 10.4 Å². The highest BCUT2D eigenvalue weighted by Crippen LogP contribution is 2.25. The number of pyridine rings is 1. The molecule has 5 nitrogen and oxygen atoms in total. The van der Waals surface area contributed by atoms with Crippen LogP contribution < -0.4 is 5.43 Å². The molecular formula is C14H9FN2O3. The predicted molar refractivity (Wildman–Crippen MR) is 70.4 cm³/mol. The number of carboxylic acids is 1. The van der Waals surface area contributed by atoms with Gasteiger partial charge < -0.3 is 5.11 Å². The van der Waals surface area contributed by atoms with Crippen LogP contribution in [0.3, 0.4) is 0 Å². The number of aromatic nitrogens is 2. The Morgan fingerprint density at radius 1 is 1.20 bits per heavy atom. The summed E-state index contributed by atoms with van der Waals surface area (Å²) in [7, 11) is 0. The molecule has 0 saturated heterocycles. The largest absolute Gasteiger partial charge is 0.478 e. The summed E-state index contributed by atoms with van der Waals surface area (Å²) in [6, 6.07) is 8.01. The van der Waals surface area contributed by atoms with Crippen molar-refractivity contribution in [3.63, 3.8) is 0 Å². The van der Waals surface area contributed by atoms with Crippen molar-refractivity contribution < 1.29 is 14.3 Å². The van der Waals surface area contributed by atoms with Gasteiger partial charge in [0.2, 0.25) is 0 Å². The normalized spacial score (nSPS) is 10.8. The van der Waals surface area contributed by atoms with Crippen LogP contribution in [-0.4, -0.2) is 20.7 Å². The summed E-state index contributed by atoms with van der Waals surface area (Å²) in [6.45, 7) is 0. The summed E-state index contributed by atoms with van der Waals surface area (Å²) < 4.78 is 14.4. The Morgan fingerprint density at radius 3 is 2.55 bits per heavy atom. The van der Waals surface area contributed by atoms with Gasteiger partial charge in [-0.1, -0.05) is 0 Å². The first kappa shape index (κ1) is 12.2. The van der Waals surface area contributed by atoms with Gasteiger partial charge in [-0.15, -0.1) is 0 Å². The van der Waals surface area contributed by atoms with E-state index in [1.165, 1.54) is 47.1 Å². The minimum absolute atomic E-state index is 0.0192. The van der Waals surface area contributed by atoms with E-state index in [4.69, 9.17) is 0 Å². The molecule has 2 aromatic heterocycles. The number of aromatic amines is 1. The van der Waals surface area contributed by atoms with Crippen LogP contribution in [0.4, 0.5) is 4.39 Å². The van der Waals surface area contributed by atoms with Gasteiger partial charge >= 0.3 is 5.97 Å². The molecule has 0 aliphatic rings. The number of aromatic carboxylic acids is 1. The number of benzene rings is 1. The highest BCUT2D eigenvalue weighted by molar-refractivity contribution is 6.02. The molecule has 3 rings (SSSR count). The Labute approximate surface area is 111 Å². The molecule has 2 N–H and O–H groups in total. The highest BCUT2D eigenvalue weighted by atomic mass is 19.1. The fourth-order valence-electron chi connectivity index (χ4n) is 2.12. The maximum Gasteiger partial charge on any atom is 0.340 e. The van der Waals surface area contributed by atoms with Gasteiger partial charge in [0.25, 0.3) is 0 Å². The monoisotopic (exact) mass is 272 g/mol. The molecule has 6 heteroatoms. The van der Waals surface area contributed by atoms with Crippen molar-refractivity contribution in [3.8, 4) is 11.3 Å². The number of rotatable bonds is 2. The number of fused-ring (bicyclic) bond motifs is 1. The number of hydrogen-bond acceptors (Lipinski definition) is 2. The Balaban J connectivity index is 2.35. The Kier molecular flexibility index (Phi) is 2.64. The molecule has 0 spiro atoms. The van der Waals surface area contributed by atoms with Crippen molar-refractivity contribution in [1.29, 1.82) is 0 Å². The number of nitrogens with zero attached hydrogens (tertiary/aromatic N) is 1. The third kappa shape index (κ3) is 1.87. The van der Waals surface area contributed by atoms with Gasteiger partial charge in [-0.2, -0.15) is 0 Å². The number of halogens is 1. The van der Waals surface area contributed by atoms with Crippen LogP contribution in [0, 0.1) is 5.82 Å². The zero-order chi connectivity index (χ0) is 14.3. The first-order chi connectivity index (χ1) is 9.56. The summed E-state index contributed by atoms with van der Waals surface area (Å²) in [6.07, 6.45) is 1.46. The van der Waals surface area contributed by atoms with Crippen molar-refractivity contribution in [1.82, 2.24) is 9.61 Å². The van der Waals surface area contributed by atoms with E-state index in [1.807, 2.05) is 0 Å². The molecule has 0 radical (unpaired) electrons. The Hall–Kier alpha value is -2.89. The van der Waals surface area contributed by atoms with E-state index in [0.717, 1.165) is 0 Å². The topological polar surface area (TPSA) is 74.6 Å². The van der Waals surface area contributed by atoms with Gasteiger partial charge in [0, 0.05) is 23.9 Å². The molecule has 100 valence electrons. The lowest BCUT2D eigenvalue weighted by molar-refractivity contribution is 0.0700. The number of carbonyl (C=O) groups is 1. The number of carboxylic acid groups (broad SMARTS) is 1. The Bertz CT molecular complexity index is 862. The second kappa shape index (κ2) is 4.34. The van der Waals surface area contributed by atoms with Crippen LogP contribution in [0.5, 0.6) is 0 Å². The zero-order valence-electron chi connectivity index (χ0n) is 10.1. The summed E-state index contributed by atoms with van der Waals surface area (Å²) in [5, 5.41) is 12.2. The summed E-state index contributed by atoms with van der Waals surface area (Å²) in [4.78, 5) is 22.8. The van der Waals surface area contributed by atoms with Gasteiger partial charge in [-0.3, -0.25) is 14.4 Å². The zero-order valence-corrected chi connectivity index (χ0v) is 10.1. The molecule has 0 atom stereocenters. The molecule has 0 aliphatic heterocycles. The van der Waals surface area contributed by atoms with E-state index in [-0.39, 0.29) is 16.5 Å². The van der Waals surface area contributed by atoms with E-state index in [2.05, 4.69) is 5.10 Å². The van der Waals surface area contributed by atoms with Gasteiger partial charge in [0.15, 0.2) is 5.43 Å². The lowest BCUT2D eigenvalue weighted by Gasteiger charge is -1.99. The SMILES string of the molecule is O=C(O)c1c(-c2ccc(F)cc2)[nH]n2ccc(=O)cc12. The van der Waals surface area contributed by atoms with Gasteiger partial charge in [0.1, 0.15) is 11.4 Å². The average molecular weight is 272 g/mol. The highest BCUT2D eigenvalue weighted by Gasteiger charge is 2.19. The molecular weight excluding hydrogens is 263 g/mol. The average Bonchev–Trinajstić information content (AvgIpc) is 2.78. The third-order valence-electron chi connectivity index (χ3n) is 3.01. The van der Waals surface area contributed by atoms with E-state index < -0.39 is 11.8 Å². The molecule has 0 saturated carbocycles.